The van der Waals surface area contributed by atoms with Crippen LogP contribution in [0.3, 0.4) is 0 Å². The predicted octanol–water partition coefficient (Wildman–Crippen LogP) is 11.1. The number of guanidine groups is 1. The summed E-state index contributed by atoms with van der Waals surface area (Å²) >= 11 is 0. The second-order valence-electron chi connectivity index (χ2n) is 11.9. The van der Waals surface area contributed by atoms with E-state index in [9.17, 15) is 5.41 Å². The van der Waals surface area contributed by atoms with Crippen LogP contribution in [0.15, 0.2) is 133 Å². The fraction of sp³-hybridized carbons (Fsp3) is 0.209. The zero-order chi connectivity index (χ0) is 33.5. The smallest absolute Gasteiger partial charge is 0.397 e. The van der Waals surface area contributed by atoms with Crippen molar-refractivity contribution in [3.8, 4) is 0 Å². The maximum absolute atomic E-state index is 11.1. The predicted molar refractivity (Wildman–Crippen MR) is 202 cm³/mol. The van der Waals surface area contributed by atoms with Crippen molar-refractivity contribution in [1.29, 1.82) is 0 Å². The number of nitrogens with zero attached hydrogens (tertiary/aromatic N) is 3. The van der Waals surface area contributed by atoms with Crippen molar-refractivity contribution in [1.82, 2.24) is 0 Å². The van der Waals surface area contributed by atoms with Gasteiger partial charge >= 0.3 is 21.7 Å². The van der Waals surface area contributed by atoms with Gasteiger partial charge in [0.1, 0.15) is 0 Å². The van der Waals surface area contributed by atoms with Crippen molar-refractivity contribution in [3.63, 3.8) is 0 Å². The van der Waals surface area contributed by atoms with Gasteiger partial charge in [0.2, 0.25) is 0 Å². The summed E-state index contributed by atoms with van der Waals surface area (Å²) in [6.45, 7) is 23.7. The van der Waals surface area contributed by atoms with E-state index in [2.05, 4.69) is 90.6 Å². The topological polar surface area (TPSA) is 28.8 Å². The van der Waals surface area contributed by atoms with Gasteiger partial charge in [-0.05, 0) is 59.9 Å². The van der Waals surface area contributed by atoms with E-state index >= 15 is 0 Å². The molecule has 1 fully saturated rings. The van der Waals surface area contributed by atoms with E-state index in [1.807, 2.05) is 108 Å². The molecule has 0 atom stereocenters. The van der Waals surface area contributed by atoms with Gasteiger partial charge in [-0.3, -0.25) is 0 Å². The van der Waals surface area contributed by atoms with Crippen LogP contribution in [0.5, 0.6) is 0 Å². The van der Waals surface area contributed by atoms with Crippen LogP contribution in [-0.4, -0.2) is 19.0 Å². The maximum atomic E-state index is 11.1. The standard InChI is InChI=1S/C22H28N3.3C7H7.Ti/c1-15(2)18-10-8-11-19(16(3)4)21(18)25-14-13-24(22(25)23)20-12-7-6-9-17(20)5;3*1-7-5-3-2-4-6-7;/h6-12,15-16H,13-14H2,1-5H3;3*2-6H,1H2;/q4*-1;+4. The zero-order valence-electron chi connectivity index (χ0n) is 28.7. The Kier molecular flexibility index (Phi) is 16.6. The fourth-order valence-electron chi connectivity index (χ4n) is 5.11. The average molecular weight is 656 g/mol. The van der Waals surface area contributed by atoms with E-state index in [-0.39, 0.29) is 21.7 Å². The molecule has 0 aromatic heterocycles. The number of benzene rings is 5. The van der Waals surface area contributed by atoms with Gasteiger partial charge in [-0.25, -0.2) is 0 Å². The molecular weight excluding hydrogens is 606 g/mol. The number of rotatable bonds is 4. The Morgan fingerprint density at radius 1 is 0.511 bits per heavy atom. The SMILES string of the molecule is Cc1ccccc1N1CCN(c2c(C(C)C)cccc2C(C)C)C1=[N-].[CH2-]c1ccccc1.[CH2-]c1ccccc1.[CH2-]c1ccccc1.[Ti+4]. The van der Waals surface area contributed by atoms with Crippen molar-refractivity contribution in [2.45, 2.75) is 46.5 Å². The summed E-state index contributed by atoms with van der Waals surface area (Å²) in [6, 6.07) is 44.4. The number of para-hydroxylation sites is 2. The molecule has 0 aliphatic carbocycles. The summed E-state index contributed by atoms with van der Waals surface area (Å²) in [5.41, 5.74) is 9.25. The van der Waals surface area contributed by atoms with E-state index < -0.39 is 0 Å². The van der Waals surface area contributed by atoms with Crippen LogP contribution >= 0.6 is 0 Å². The minimum Gasteiger partial charge on any atom is -0.397 e. The first-order chi connectivity index (χ1) is 22.1. The molecule has 4 heteroatoms. The van der Waals surface area contributed by atoms with E-state index in [0.29, 0.717) is 17.8 Å². The number of hydrogen-bond acceptors (Lipinski definition) is 0. The first-order valence-corrected chi connectivity index (χ1v) is 16.0. The molecule has 0 amide bonds. The molecule has 0 spiro atoms. The molecule has 1 aliphatic rings. The van der Waals surface area contributed by atoms with Crippen LogP contribution in [-0.2, 0) is 21.7 Å². The molecule has 0 saturated carbocycles. The monoisotopic (exact) mass is 655 g/mol. The van der Waals surface area contributed by atoms with Crippen molar-refractivity contribution in [2.24, 2.45) is 0 Å². The van der Waals surface area contributed by atoms with Crippen molar-refractivity contribution >= 4 is 17.3 Å². The normalized spacial score (nSPS) is 11.8. The quantitative estimate of drug-likeness (QED) is 0.142. The van der Waals surface area contributed by atoms with Crippen LogP contribution in [0, 0.1) is 27.7 Å². The van der Waals surface area contributed by atoms with E-state index in [1.54, 1.807) is 0 Å². The largest absolute Gasteiger partial charge is 4.00 e. The number of aryl methyl sites for hydroxylation is 1. The van der Waals surface area contributed by atoms with Gasteiger partial charge in [0.05, 0.1) is 0 Å². The molecule has 1 aliphatic heterocycles. The fourth-order valence-corrected chi connectivity index (χ4v) is 5.11. The molecule has 240 valence electrons. The molecule has 5 aromatic rings. The number of hydrogen-bond donors (Lipinski definition) is 0. The van der Waals surface area contributed by atoms with Gasteiger partial charge in [0, 0.05) is 5.96 Å². The van der Waals surface area contributed by atoms with Gasteiger partial charge in [-0.2, -0.15) is 73.9 Å². The maximum Gasteiger partial charge on any atom is 4.00 e. The molecule has 6 rings (SSSR count). The summed E-state index contributed by atoms with van der Waals surface area (Å²) < 4.78 is 0. The van der Waals surface area contributed by atoms with Gasteiger partial charge in [0.25, 0.3) is 0 Å². The summed E-state index contributed by atoms with van der Waals surface area (Å²) in [5.74, 6) is 1.16. The van der Waals surface area contributed by atoms with Crippen LogP contribution in [0.2, 0.25) is 0 Å². The van der Waals surface area contributed by atoms with Crippen molar-refractivity contribution in [2.75, 3.05) is 22.9 Å². The minimum absolute atomic E-state index is 0. The Hall–Kier alpha value is -4.31. The minimum atomic E-state index is 0. The van der Waals surface area contributed by atoms with E-state index in [1.165, 1.54) is 22.4 Å². The summed E-state index contributed by atoms with van der Waals surface area (Å²) in [5, 5.41) is 11.1. The molecule has 0 bridgehead atoms. The second-order valence-corrected chi connectivity index (χ2v) is 11.9. The molecule has 3 nitrogen and oxygen atoms in total. The zero-order valence-corrected chi connectivity index (χ0v) is 30.3. The van der Waals surface area contributed by atoms with Crippen LogP contribution in [0.25, 0.3) is 5.41 Å². The molecular formula is C43H49N3Ti. The molecule has 0 N–H and O–H groups in total. The van der Waals surface area contributed by atoms with Crippen LogP contribution in [0.1, 0.15) is 72.9 Å². The molecule has 5 aromatic carbocycles. The Bertz CT molecular complexity index is 1480. The van der Waals surface area contributed by atoms with E-state index in [0.717, 1.165) is 35.5 Å². The molecule has 47 heavy (non-hydrogen) atoms. The Morgan fingerprint density at radius 3 is 1.21 bits per heavy atom. The first kappa shape index (κ1) is 38.9. The summed E-state index contributed by atoms with van der Waals surface area (Å²) in [4.78, 5) is 4.12. The van der Waals surface area contributed by atoms with Crippen LogP contribution < -0.4 is 9.80 Å². The number of anilines is 2. The van der Waals surface area contributed by atoms with Gasteiger partial charge in [-0.1, -0.05) is 88.4 Å². The third-order valence-electron chi connectivity index (χ3n) is 7.58. The molecule has 1 saturated heterocycles. The average Bonchev–Trinajstić information content (AvgIpc) is 3.43. The summed E-state index contributed by atoms with van der Waals surface area (Å²) in [6.07, 6.45) is 0. The Morgan fingerprint density at radius 2 is 0.872 bits per heavy atom. The Balaban J connectivity index is 0.000000280. The van der Waals surface area contributed by atoms with Crippen molar-refractivity contribution < 1.29 is 21.7 Å². The molecule has 1 heterocycles. The van der Waals surface area contributed by atoms with Gasteiger partial charge in [-0.15, -0.1) is 36.4 Å². The summed E-state index contributed by atoms with van der Waals surface area (Å²) in [7, 11) is 0. The van der Waals surface area contributed by atoms with E-state index in [4.69, 9.17) is 0 Å². The first-order valence-electron chi connectivity index (χ1n) is 16.0. The third-order valence-corrected chi connectivity index (χ3v) is 7.58. The van der Waals surface area contributed by atoms with Gasteiger partial charge < -0.3 is 15.2 Å². The Labute approximate surface area is 300 Å². The second kappa shape index (κ2) is 20.0. The molecule has 0 radical (unpaired) electrons. The third kappa shape index (κ3) is 12.1. The molecule has 0 unspecified atom stereocenters. The van der Waals surface area contributed by atoms with Crippen molar-refractivity contribution in [3.05, 3.63) is 193 Å². The van der Waals surface area contributed by atoms with Crippen LogP contribution in [0.4, 0.5) is 11.4 Å². The van der Waals surface area contributed by atoms with Gasteiger partial charge in [0.15, 0.2) is 0 Å².